The molecule has 0 bridgehead atoms. The maximum Gasteiger partial charge on any atom is 0.406 e. The van der Waals surface area contributed by atoms with E-state index in [2.05, 4.69) is 0 Å². The largest absolute Gasteiger partial charge is 0.457 e. The molecule has 0 aliphatic carbocycles. The lowest BCUT2D eigenvalue weighted by Gasteiger charge is -2.39. The molecule has 10 nitrogen and oxygen atoms in total. The number of sulfone groups is 1. The van der Waals surface area contributed by atoms with Crippen LogP contribution in [0.1, 0.15) is 12.8 Å². The Morgan fingerprint density at radius 3 is 2.09 bits per heavy atom. The Hall–Kier alpha value is -2.67. The van der Waals surface area contributed by atoms with Gasteiger partial charge in [-0.1, -0.05) is 0 Å². The van der Waals surface area contributed by atoms with Crippen molar-refractivity contribution in [1.29, 1.82) is 0 Å². The summed E-state index contributed by atoms with van der Waals surface area (Å²) >= 11 is 0. The van der Waals surface area contributed by atoms with Crippen LogP contribution in [0, 0.1) is 5.92 Å². The zero-order valence-corrected chi connectivity index (χ0v) is 19.4. The molecule has 2 heterocycles. The topological polar surface area (TPSA) is 142 Å². The second kappa shape index (κ2) is 8.93. The van der Waals surface area contributed by atoms with E-state index in [9.17, 15) is 21.6 Å². The smallest absolute Gasteiger partial charge is 0.406 e. The zero-order valence-electron chi connectivity index (χ0n) is 17.8. The van der Waals surface area contributed by atoms with Crippen LogP contribution in [0.4, 0.5) is 4.79 Å². The molecule has 0 radical (unpaired) electrons. The normalized spacial score (nSPS) is 23.6. The van der Waals surface area contributed by atoms with Crippen molar-refractivity contribution < 1.29 is 35.8 Å². The van der Waals surface area contributed by atoms with E-state index in [0.717, 1.165) is 10.6 Å². The van der Waals surface area contributed by atoms with Gasteiger partial charge in [-0.15, -0.1) is 0 Å². The number of carbonyl (C=O) groups excluding carboxylic acids is 1. The number of sulfonamides is 1. The summed E-state index contributed by atoms with van der Waals surface area (Å²) in [6, 6.07) is 11.7. The molecule has 12 heteroatoms. The summed E-state index contributed by atoms with van der Waals surface area (Å²) in [7, 11) is -7.30. The molecule has 178 valence electrons. The maximum absolute atomic E-state index is 13.3. The van der Waals surface area contributed by atoms with E-state index < -0.39 is 32.2 Å². The number of nitrogens with two attached hydrogens (primary N) is 1. The second-order valence-corrected chi connectivity index (χ2v) is 11.8. The van der Waals surface area contributed by atoms with Gasteiger partial charge in [0.15, 0.2) is 16.1 Å². The summed E-state index contributed by atoms with van der Waals surface area (Å²) < 4.78 is 67.5. The minimum atomic E-state index is -3.98. The number of rotatable bonds is 6. The highest BCUT2D eigenvalue weighted by atomic mass is 32.2. The Morgan fingerprint density at radius 2 is 1.55 bits per heavy atom. The van der Waals surface area contributed by atoms with Gasteiger partial charge in [0.25, 0.3) is 0 Å². The number of carbonyl (C=O) groups is 1. The van der Waals surface area contributed by atoms with E-state index in [-0.39, 0.29) is 28.4 Å². The fourth-order valence-corrected chi connectivity index (χ4v) is 6.31. The van der Waals surface area contributed by atoms with Gasteiger partial charge in [0.2, 0.25) is 10.0 Å². The van der Waals surface area contributed by atoms with Crippen LogP contribution >= 0.6 is 0 Å². The minimum absolute atomic E-state index is 0.0118. The van der Waals surface area contributed by atoms with Crippen LogP contribution in [0.3, 0.4) is 0 Å². The number of ether oxygens (including phenoxy) is 3. The predicted octanol–water partition coefficient (Wildman–Crippen LogP) is 2.10. The summed E-state index contributed by atoms with van der Waals surface area (Å²) in [5.41, 5.74) is 5.20. The maximum atomic E-state index is 13.3. The van der Waals surface area contributed by atoms with Crippen molar-refractivity contribution in [3.63, 3.8) is 0 Å². The van der Waals surface area contributed by atoms with Crippen molar-refractivity contribution in [3.8, 4) is 11.5 Å². The summed E-state index contributed by atoms with van der Waals surface area (Å²) in [6.07, 6.45) is -0.0715. The molecule has 2 aromatic rings. The Kier molecular flexibility index (Phi) is 6.36. The molecular formula is C21H24N2O8S2. The number of fused-ring (bicyclic) bond motifs is 1. The van der Waals surface area contributed by atoms with Crippen LogP contribution in [0.25, 0.3) is 0 Å². The van der Waals surface area contributed by atoms with Gasteiger partial charge in [-0.3, -0.25) is 0 Å². The van der Waals surface area contributed by atoms with Crippen molar-refractivity contribution >= 4 is 26.0 Å². The Balaban J connectivity index is 1.53. The quantitative estimate of drug-likeness (QED) is 0.641. The molecule has 2 fully saturated rings. The molecule has 33 heavy (non-hydrogen) atoms. The third-order valence-electron chi connectivity index (χ3n) is 5.70. The lowest BCUT2D eigenvalue weighted by atomic mass is 9.93. The molecule has 3 unspecified atom stereocenters. The first-order valence-electron chi connectivity index (χ1n) is 10.2. The summed E-state index contributed by atoms with van der Waals surface area (Å²) in [5, 5.41) is 0. The highest BCUT2D eigenvalue weighted by molar-refractivity contribution is 7.90. The van der Waals surface area contributed by atoms with Gasteiger partial charge in [0.05, 0.1) is 15.9 Å². The van der Waals surface area contributed by atoms with Crippen molar-refractivity contribution in [2.75, 3.05) is 19.4 Å². The molecule has 2 aliphatic rings. The second-order valence-electron chi connectivity index (χ2n) is 7.91. The van der Waals surface area contributed by atoms with Gasteiger partial charge in [0.1, 0.15) is 11.5 Å². The standard InChI is InChI=1S/C21H24N2O8S2/c1-32(25,26)16-6-2-14(3-7-16)30-15-4-8-17(9-5-15)33(27,28)23-12-10-19-18(11-13-29-19)20(23)31-21(22)24/h2-9,18-20H,10-13H2,1H3,(H2,22,24). The van der Waals surface area contributed by atoms with Crippen molar-refractivity contribution in [2.45, 2.75) is 35.0 Å². The summed E-state index contributed by atoms with van der Waals surface area (Å²) in [6.45, 7) is 0.603. The van der Waals surface area contributed by atoms with Gasteiger partial charge in [-0.25, -0.2) is 21.6 Å². The predicted molar refractivity (Wildman–Crippen MR) is 117 cm³/mol. The van der Waals surface area contributed by atoms with E-state index in [1.54, 1.807) is 0 Å². The van der Waals surface area contributed by atoms with E-state index in [0.29, 0.717) is 30.9 Å². The third kappa shape index (κ3) is 4.98. The fourth-order valence-electron chi connectivity index (χ4n) is 4.11. The highest BCUT2D eigenvalue weighted by Gasteiger charge is 2.48. The number of amides is 1. The van der Waals surface area contributed by atoms with Gasteiger partial charge in [-0.2, -0.15) is 4.31 Å². The van der Waals surface area contributed by atoms with Gasteiger partial charge >= 0.3 is 6.09 Å². The van der Waals surface area contributed by atoms with Crippen LogP contribution in [0.15, 0.2) is 58.3 Å². The van der Waals surface area contributed by atoms with Crippen LogP contribution in [-0.4, -0.2) is 59.0 Å². The number of hydrogen-bond acceptors (Lipinski definition) is 8. The van der Waals surface area contributed by atoms with Crippen molar-refractivity contribution in [1.82, 2.24) is 4.31 Å². The first-order chi connectivity index (χ1) is 15.6. The first-order valence-corrected chi connectivity index (χ1v) is 13.6. The van der Waals surface area contributed by atoms with E-state index in [4.69, 9.17) is 19.9 Å². The van der Waals surface area contributed by atoms with Crippen LogP contribution in [0.2, 0.25) is 0 Å². The number of hydrogen-bond donors (Lipinski definition) is 1. The molecule has 3 atom stereocenters. The zero-order chi connectivity index (χ0) is 23.8. The lowest BCUT2D eigenvalue weighted by molar-refractivity contribution is -0.0639. The molecule has 4 rings (SSSR count). The molecule has 0 spiro atoms. The first kappa shape index (κ1) is 23.5. The average molecular weight is 497 g/mol. The number of nitrogens with zero attached hydrogens (tertiary/aromatic N) is 1. The Morgan fingerprint density at radius 1 is 0.970 bits per heavy atom. The summed E-state index contributed by atoms with van der Waals surface area (Å²) in [5.74, 6) is 0.490. The molecule has 1 amide bonds. The lowest BCUT2D eigenvalue weighted by Crippen LogP contribution is -2.54. The van der Waals surface area contributed by atoms with Crippen LogP contribution < -0.4 is 10.5 Å². The number of primary amides is 1. The van der Waals surface area contributed by atoms with Crippen molar-refractivity contribution in [3.05, 3.63) is 48.5 Å². The Labute approximate surface area is 192 Å². The molecule has 2 aliphatic heterocycles. The van der Waals surface area contributed by atoms with E-state index >= 15 is 0 Å². The van der Waals surface area contributed by atoms with Gasteiger partial charge in [-0.05, 0) is 61.4 Å². The average Bonchev–Trinajstić information content (AvgIpc) is 3.23. The SMILES string of the molecule is CS(=O)(=O)c1ccc(Oc2ccc(S(=O)(=O)N3CCC4OCCC4C3OC(N)=O)cc2)cc1. The molecule has 0 saturated carbocycles. The third-order valence-corrected chi connectivity index (χ3v) is 8.70. The van der Waals surface area contributed by atoms with Crippen LogP contribution in [-0.2, 0) is 29.3 Å². The van der Waals surface area contributed by atoms with E-state index in [1.165, 1.54) is 48.5 Å². The molecule has 2 saturated heterocycles. The molecule has 0 aromatic heterocycles. The van der Waals surface area contributed by atoms with Gasteiger partial charge in [0, 0.05) is 25.3 Å². The van der Waals surface area contributed by atoms with Crippen molar-refractivity contribution in [2.24, 2.45) is 11.7 Å². The van der Waals surface area contributed by atoms with E-state index in [1.807, 2.05) is 0 Å². The molecule has 2 N–H and O–H groups in total. The van der Waals surface area contributed by atoms with Gasteiger partial charge < -0.3 is 19.9 Å². The molecule has 2 aromatic carbocycles. The highest BCUT2D eigenvalue weighted by Crippen LogP contribution is 2.37. The number of piperidine rings is 1. The monoisotopic (exact) mass is 496 g/mol. The number of benzene rings is 2. The minimum Gasteiger partial charge on any atom is -0.457 e. The van der Waals surface area contributed by atoms with Crippen LogP contribution in [0.5, 0.6) is 11.5 Å². The fraction of sp³-hybridized carbons (Fsp3) is 0.381. The Bertz CT molecular complexity index is 1230. The molecular weight excluding hydrogens is 472 g/mol. The summed E-state index contributed by atoms with van der Waals surface area (Å²) in [4.78, 5) is 11.6.